The minimum atomic E-state index is -3.90. The molecule has 1 atom stereocenters. The van der Waals surface area contributed by atoms with Crippen molar-refractivity contribution < 1.29 is 33.1 Å². The molecule has 0 spiro atoms. The first kappa shape index (κ1) is 20.4. The number of hydrogen-bond acceptors (Lipinski definition) is 7. The average Bonchev–Trinajstić information content (AvgIpc) is 2.82. The highest BCUT2D eigenvalue weighted by Gasteiger charge is 2.51. The minimum absolute atomic E-state index is 0.125. The fraction of sp³-hybridized carbons (Fsp3) is 0.176. The van der Waals surface area contributed by atoms with E-state index >= 15 is 0 Å². The number of amides is 1. The molecule has 1 amide bonds. The molecule has 0 saturated carbocycles. The number of non-ortho nitro benzene ring substituents is 1. The Balaban J connectivity index is 2.03. The summed E-state index contributed by atoms with van der Waals surface area (Å²) in [5.41, 5.74) is -2.46. The Morgan fingerprint density at radius 1 is 1.21 bits per heavy atom. The summed E-state index contributed by atoms with van der Waals surface area (Å²) < 4.78 is 22.7. The number of benzene rings is 2. The molecule has 152 valence electrons. The number of rotatable bonds is 6. The monoisotopic (exact) mass is 421 g/mol. The molecule has 1 heterocycles. The van der Waals surface area contributed by atoms with Gasteiger partial charge in [0.05, 0.1) is 28.5 Å². The zero-order chi connectivity index (χ0) is 21.6. The molecule has 2 aromatic carbocycles. The van der Waals surface area contributed by atoms with Gasteiger partial charge in [-0.3, -0.25) is 19.7 Å². The van der Waals surface area contributed by atoms with Crippen molar-refractivity contribution in [3.8, 4) is 0 Å². The van der Waals surface area contributed by atoms with Gasteiger partial charge in [-0.25, -0.2) is 13.6 Å². The van der Waals surface area contributed by atoms with Crippen molar-refractivity contribution in [1.82, 2.24) is 0 Å². The number of carboxylic acid groups (broad SMARTS) is 1. The van der Waals surface area contributed by atoms with Gasteiger partial charge in [0.15, 0.2) is 5.60 Å². The second kappa shape index (κ2) is 6.92. The second-order valence-corrected chi connectivity index (χ2v) is 8.03. The molecule has 0 aromatic heterocycles. The van der Waals surface area contributed by atoms with Gasteiger partial charge in [0.25, 0.3) is 11.6 Å². The van der Waals surface area contributed by atoms with Gasteiger partial charge >= 0.3 is 5.97 Å². The van der Waals surface area contributed by atoms with Crippen molar-refractivity contribution in [2.75, 3.05) is 4.90 Å². The van der Waals surface area contributed by atoms with Gasteiger partial charge in [-0.2, -0.15) is 0 Å². The lowest BCUT2D eigenvalue weighted by Gasteiger charge is -2.21. The molecule has 4 N–H and O–H groups in total. The van der Waals surface area contributed by atoms with Gasteiger partial charge < -0.3 is 15.1 Å². The van der Waals surface area contributed by atoms with E-state index in [2.05, 4.69) is 0 Å². The molecule has 11 nitrogen and oxygen atoms in total. The number of carbonyl (C=O) groups is 2. The summed E-state index contributed by atoms with van der Waals surface area (Å²) in [4.78, 5) is 35.3. The summed E-state index contributed by atoms with van der Waals surface area (Å²) >= 11 is 0. The van der Waals surface area contributed by atoms with Crippen LogP contribution in [0.5, 0.6) is 0 Å². The lowest BCUT2D eigenvalue weighted by molar-refractivity contribution is -0.385. The van der Waals surface area contributed by atoms with E-state index in [4.69, 9.17) is 10.2 Å². The molecular weight excluding hydrogens is 406 g/mol. The van der Waals surface area contributed by atoms with Gasteiger partial charge in [-0.1, -0.05) is 12.1 Å². The third-order valence-corrected chi connectivity index (χ3v) is 5.46. The topological polar surface area (TPSA) is 181 Å². The molecular formula is C17H15N3O8S. The zero-order valence-electron chi connectivity index (χ0n) is 14.7. The van der Waals surface area contributed by atoms with E-state index < -0.39 is 44.5 Å². The molecule has 1 aliphatic heterocycles. The van der Waals surface area contributed by atoms with Crippen molar-refractivity contribution >= 4 is 33.3 Å². The molecule has 12 heteroatoms. The van der Waals surface area contributed by atoms with Crippen molar-refractivity contribution in [3.63, 3.8) is 0 Å². The maximum absolute atomic E-state index is 12.9. The SMILES string of the molecule is NS(=O)(=O)c1ccc(CN2C(=O)C(O)(CC(=O)O)c3cc([N+](=O)[O-])ccc32)cc1. The summed E-state index contributed by atoms with van der Waals surface area (Å²) in [6.07, 6.45) is -0.971. The number of nitro benzene ring substituents is 1. The van der Waals surface area contributed by atoms with Crippen LogP contribution in [0.1, 0.15) is 17.5 Å². The number of hydrogen-bond donors (Lipinski definition) is 3. The number of sulfonamides is 1. The van der Waals surface area contributed by atoms with Crippen molar-refractivity contribution in [2.45, 2.75) is 23.5 Å². The van der Waals surface area contributed by atoms with Crippen LogP contribution in [0.2, 0.25) is 0 Å². The zero-order valence-corrected chi connectivity index (χ0v) is 15.5. The fourth-order valence-electron chi connectivity index (χ4n) is 3.17. The van der Waals surface area contributed by atoms with Crippen LogP contribution in [0.3, 0.4) is 0 Å². The maximum Gasteiger partial charge on any atom is 0.307 e. The summed E-state index contributed by atoms with van der Waals surface area (Å²) in [6.45, 7) is -0.128. The van der Waals surface area contributed by atoms with E-state index in [0.717, 1.165) is 17.0 Å². The first-order valence-electron chi connectivity index (χ1n) is 8.10. The van der Waals surface area contributed by atoms with Crippen LogP contribution < -0.4 is 10.0 Å². The normalized spacial score (nSPS) is 18.6. The summed E-state index contributed by atoms with van der Waals surface area (Å²) in [7, 11) is -3.90. The lowest BCUT2D eigenvalue weighted by Crippen LogP contribution is -2.41. The van der Waals surface area contributed by atoms with Gasteiger partial charge in [0.2, 0.25) is 10.0 Å². The Morgan fingerprint density at radius 3 is 2.34 bits per heavy atom. The number of aliphatic hydroxyl groups is 1. The van der Waals surface area contributed by atoms with E-state index in [1.54, 1.807) is 0 Å². The Labute approximate surface area is 164 Å². The minimum Gasteiger partial charge on any atom is -0.481 e. The number of fused-ring (bicyclic) bond motifs is 1. The van der Waals surface area contributed by atoms with E-state index in [9.17, 15) is 33.2 Å². The average molecular weight is 421 g/mol. The number of carbonyl (C=O) groups excluding carboxylic acids is 1. The molecule has 3 rings (SSSR count). The molecule has 2 aromatic rings. The number of anilines is 1. The van der Waals surface area contributed by atoms with Gasteiger partial charge in [-0.15, -0.1) is 0 Å². The smallest absolute Gasteiger partial charge is 0.307 e. The van der Waals surface area contributed by atoms with Crippen molar-refractivity contribution in [1.29, 1.82) is 0 Å². The Hall–Kier alpha value is -3.35. The van der Waals surface area contributed by atoms with Crippen LogP contribution in [-0.4, -0.2) is 35.4 Å². The van der Waals surface area contributed by atoms with E-state index in [0.29, 0.717) is 5.56 Å². The van der Waals surface area contributed by atoms with Crippen molar-refractivity contribution in [3.05, 3.63) is 63.7 Å². The number of nitrogens with zero attached hydrogens (tertiary/aromatic N) is 2. The number of nitrogens with two attached hydrogens (primary N) is 1. The lowest BCUT2D eigenvalue weighted by atomic mass is 9.91. The van der Waals surface area contributed by atoms with Crippen LogP contribution in [0.4, 0.5) is 11.4 Å². The Bertz CT molecular complexity index is 1130. The summed E-state index contributed by atoms with van der Waals surface area (Å²) in [6, 6.07) is 8.66. The maximum atomic E-state index is 12.9. The highest BCUT2D eigenvalue weighted by Crippen LogP contribution is 2.44. The van der Waals surface area contributed by atoms with Crippen LogP contribution in [0, 0.1) is 10.1 Å². The predicted molar refractivity (Wildman–Crippen MR) is 98.3 cm³/mol. The van der Waals surface area contributed by atoms with Crippen LogP contribution in [0.15, 0.2) is 47.4 Å². The highest BCUT2D eigenvalue weighted by atomic mass is 32.2. The number of carboxylic acids is 1. The quantitative estimate of drug-likeness (QED) is 0.444. The molecule has 29 heavy (non-hydrogen) atoms. The molecule has 1 unspecified atom stereocenters. The van der Waals surface area contributed by atoms with Crippen LogP contribution >= 0.6 is 0 Å². The standard InChI is InChI=1S/C17H15N3O8S/c18-29(27,28)12-4-1-10(2-5-12)9-19-14-6-3-11(20(25)26)7-13(14)17(24,16(19)23)8-15(21)22/h1-7,24H,8-9H2,(H,21,22)(H2,18,27,28). The molecule has 0 saturated heterocycles. The van der Waals surface area contributed by atoms with Gasteiger partial charge in [-0.05, 0) is 23.8 Å². The fourth-order valence-corrected chi connectivity index (χ4v) is 3.68. The number of primary sulfonamides is 1. The second-order valence-electron chi connectivity index (χ2n) is 6.47. The number of nitro groups is 1. The first-order chi connectivity index (χ1) is 13.4. The van der Waals surface area contributed by atoms with E-state index in [1.807, 2.05) is 0 Å². The summed E-state index contributed by atoms with van der Waals surface area (Å²) in [5.74, 6) is -2.41. The Morgan fingerprint density at radius 2 is 1.83 bits per heavy atom. The Kier molecular flexibility index (Phi) is 4.86. The highest BCUT2D eigenvalue weighted by molar-refractivity contribution is 7.89. The molecule has 0 aliphatic carbocycles. The largest absolute Gasteiger partial charge is 0.481 e. The molecule has 1 aliphatic rings. The molecule has 0 bridgehead atoms. The first-order valence-corrected chi connectivity index (χ1v) is 9.65. The number of aliphatic carboxylic acids is 1. The predicted octanol–water partition coefficient (Wildman–Crippen LogP) is 0.451. The molecule has 0 fully saturated rings. The van der Waals surface area contributed by atoms with E-state index in [-0.39, 0.29) is 22.7 Å². The third kappa shape index (κ3) is 3.68. The molecule has 0 radical (unpaired) electrons. The van der Waals surface area contributed by atoms with Gasteiger partial charge in [0, 0.05) is 17.7 Å². The summed E-state index contributed by atoms with van der Waals surface area (Å²) in [5, 5.41) is 36.0. The van der Waals surface area contributed by atoms with Gasteiger partial charge in [0.1, 0.15) is 0 Å². The van der Waals surface area contributed by atoms with Crippen molar-refractivity contribution in [2.24, 2.45) is 5.14 Å². The third-order valence-electron chi connectivity index (χ3n) is 4.53. The van der Waals surface area contributed by atoms with Crippen LogP contribution in [-0.2, 0) is 31.8 Å². The van der Waals surface area contributed by atoms with E-state index in [1.165, 1.54) is 30.3 Å². The van der Waals surface area contributed by atoms with Crippen LogP contribution in [0.25, 0.3) is 0 Å².